The van der Waals surface area contributed by atoms with Crippen molar-refractivity contribution in [3.05, 3.63) is 38.3 Å². The third-order valence-electron chi connectivity index (χ3n) is 2.21. The Morgan fingerprint density at radius 1 is 1.57 bits per heavy atom. The lowest BCUT2D eigenvalue weighted by atomic mass is 10.0. The highest BCUT2D eigenvalue weighted by Crippen LogP contribution is 2.28. The maximum absolute atomic E-state index is 10.6. The summed E-state index contributed by atoms with van der Waals surface area (Å²) in [5.41, 5.74) is 0.896. The maximum Gasteiger partial charge on any atom is 0.250 e. The van der Waals surface area contributed by atoms with Crippen LogP contribution in [0.4, 0.5) is 0 Å². The van der Waals surface area contributed by atoms with Crippen LogP contribution in [0.2, 0.25) is 0 Å². The van der Waals surface area contributed by atoms with Crippen molar-refractivity contribution < 1.29 is 9.66 Å². The molecule has 0 aliphatic carbocycles. The average molecular weight is 258 g/mol. The van der Waals surface area contributed by atoms with Gasteiger partial charge in [-0.2, -0.15) is 0 Å². The number of nitrogens with zero attached hydrogens (tertiary/aromatic N) is 1. The van der Waals surface area contributed by atoms with Gasteiger partial charge in [0.2, 0.25) is 0 Å². The van der Waals surface area contributed by atoms with E-state index in [1.807, 2.05) is 18.2 Å². The predicted octanol–water partition coefficient (Wildman–Crippen LogP) is 2.03. The van der Waals surface area contributed by atoms with Gasteiger partial charge in [0, 0.05) is 21.4 Å². The fraction of sp³-hybridized carbons (Fsp3) is 0.333. The highest BCUT2D eigenvalue weighted by atomic mass is 79.9. The van der Waals surface area contributed by atoms with Crippen molar-refractivity contribution in [2.24, 2.45) is 0 Å². The topological polar surface area (TPSA) is 52.4 Å². The summed E-state index contributed by atoms with van der Waals surface area (Å²) < 4.78 is 6.21. The predicted molar refractivity (Wildman–Crippen MR) is 54.1 cm³/mol. The molecule has 0 aromatic heterocycles. The van der Waals surface area contributed by atoms with Crippen LogP contribution >= 0.6 is 15.9 Å². The number of fused-ring (bicyclic) bond motifs is 1. The Labute approximate surface area is 89.2 Å². The van der Waals surface area contributed by atoms with Crippen LogP contribution in [0.3, 0.4) is 0 Å². The van der Waals surface area contributed by atoms with E-state index in [4.69, 9.17) is 4.74 Å². The van der Waals surface area contributed by atoms with Gasteiger partial charge in [-0.15, -0.1) is 0 Å². The molecule has 1 heterocycles. The Hall–Kier alpha value is -1.10. The second kappa shape index (κ2) is 3.57. The molecular weight excluding hydrogens is 250 g/mol. The molecule has 0 amide bonds. The van der Waals surface area contributed by atoms with E-state index in [0.717, 1.165) is 15.8 Å². The Morgan fingerprint density at radius 3 is 3.07 bits per heavy atom. The Morgan fingerprint density at radius 2 is 2.36 bits per heavy atom. The first-order chi connectivity index (χ1) is 6.66. The third kappa shape index (κ3) is 1.72. The minimum absolute atomic E-state index is 0.168. The van der Waals surface area contributed by atoms with Crippen molar-refractivity contribution in [3.8, 4) is 5.75 Å². The first-order valence-corrected chi connectivity index (χ1v) is 5.01. The summed E-state index contributed by atoms with van der Waals surface area (Å²) in [5, 5.41) is 10.6. The van der Waals surface area contributed by atoms with Crippen molar-refractivity contribution in [1.82, 2.24) is 0 Å². The fourth-order valence-electron chi connectivity index (χ4n) is 1.48. The van der Waals surface area contributed by atoms with Crippen LogP contribution in [-0.4, -0.2) is 17.6 Å². The van der Waals surface area contributed by atoms with Crippen molar-refractivity contribution in [3.63, 3.8) is 0 Å². The van der Waals surface area contributed by atoms with Gasteiger partial charge in [0.25, 0.3) is 6.04 Å². The monoisotopic (exact) mass is 257 g/mol. The molecule has 0 bridgehead atoms. The molecule has 0 radical (unpaired) electrons. The zero-order valence-electron chi connectivity index (χ0n) is 7.27. The first-order valence-electron chi connectivity index (χ1n) is 4.21. The van der Waals surface area contributed by atoms with Crippen molar-refractivity contribution >= 4 is 15.9 Å². The smallest absolute Gasteiger partial charge is 0.250 e. The summed E-state index contributed by atoms with van der Waals surface area (Å²) in [6, 6.07) is 4.95. The van der Waals surface area contributed by atoms with Gasteiger partial charge in [-0.05, 0) is 18.2 Å². The summed E-state index contributed by atoms with van der Waals surface area (Å²) in [7, 11) is 0. The number of benzene rings is 1. The molecule has 1 atom stereocenters. The van der Waals surface area contributed by atoms with Crippen molar-refractivity contribution in [1.29, 1.82) is 0 Å². The van der Waals surface area contributed by atoms with Gasteiger partial charge in [0.05, 0.1) is 0 Å². The summed E-state index contributed by atoms with van der Waals surface area (Å²) in [4.78, 5) is 10.3. The lowest BCUT2D eigenvalue weighted by molar-refractivity contribution is -0.525. The standard InChI is InChI=1S/C9H8BrNO3/c10-7-1-2-9-6(3-7)4-8(5-14-9)11(12)13/h1-3,8H,4-5H2. The van der Waals surface area contributed by atoms with Gasteiger partial charge in [-0.25, -0.2) is 0 Å². The van der Waals surface area contributed by atoms with E-state index < -0.39 is 6.04 Å². The third-order valence-corrected chi connectivity index (χ3v) is 2.70. The molecule has 0 spiro atoms. The zero-order valence-corrected chi connectivity index (χ0v) is 8.86. The molecule has 14 heavy (non-hydrogen) atoms. The Bertz CT molecular complexity index is 380. The number of nitro groups is 1. The largest absolute Gasteiger partial charge is 0.486 e. The number of ether oxygens (including phenoxy) is 1. The number of hydrogen-bond acceptors (Lipinski definition) is 3. The van der Waals surface area contributed by atoms with Crippen LogP contribution in [0.25, 0.3) is 0 Å². The van der Waals surface area contributed by atoms with Crippen molar-refractivity contribution in [2.45, 2.75) is 12.5 Å². The fourth-order valence-corrected chi connectivity index (χ4v) is 1.89. The highest BCUT2D eigenvalue weighted by Gasteiger charge is 2.28. The molecular formula is C9H8BrNO3. The molecule has 0 saturated heterocycles. The lowest BCUT2D eigenvalue weighted by Gasteiger charge is -2.20. The molecule has 1 aliphatic heterocycles. The highest BCUT2D eigenvalue weighted by molar-refractivity contribution is 9.10. The summed E-state index contributed by atoms with van der Waals surface area (Å²) in [5.74, 6) is 0.756. The van der Waals surface area contributed by atoms with E-state index in [1.165, 1.54) is 0 Å². The van der Waals surface area contributed by atoms with Gasteiger partial charge in [0.15, 0.2) is 6.61 Å². The Balaban J connectivity index is 2.29. The van der Waals surface area contributed by atoms with E-state index in [2.05, 4.69) is 15.9 Å². The second-order valence-corrected chi connectivity index (χ2v) is 4.12. The molecule has 0 N–H and O–H groups in total. The molecule has 1 aliphatic rings. The van der Waals surface area contributed by atoms with Gasteiger partial charge in [-0.3, -0.25) is 10.1 Å². The number of halogens is 1. The zero-order chi connectivity index (χ0) is 10.1. The minimum atomic E-state index is -0.614. The molecule has 5 heteroatoms. The normalized spacial score (nSPS) is 19.6. The first kappa shape index (κ1) is 9.45. The van der Waals surface area contributed by atoms with E-state index in [1.54, 1.807) is 0 Å². The van der Waals surface area contributed by atoms with E-state index in [9.17, 15) is 10.1 Å². The molecule has 74 valence electrons. The van der Waals surface area contributed by atoms with Crippen LogP contribution < -0.4 is 4.74 Å². The maximum atomic E-state index is 10.6. The average Bonchev–Trinajstić information content (AvgIpc) is 2.16. The SMILES string of the molecule is O=[N+]([O-])C1COc2ccc(Br)cc2C1. The van der Waals surface area contributed by atoms with Crippen LogP contribution in [0.1, 0.15) is 5.56 Å². The number of hydrogen-bond donors (Lipinski definition) is 0. The molecule has 4 nitrogen and oxygen atoms in total. The quantitative estimate of drug-likeness (QED) is 0.572. The molecule has 0 saturated carbocycles. The van der Waals surface area contributed by atoms with E-state index in [0.29, 0.717) is 6.42 Å². The molecule has 1 aromatic carbocycles. The van der Waals surface area contributed by atoms with E-state index in [-0.39, 0.29) is 11.5 Å². The van der Waals surface area contributed by atoms with Crippen LogP contribution in [0.15, 0.2) is 22.7 Å². The van der Waals surface area contributed by atoms with Gasteiger partial charge < -0.3 is 4.74 Å². The minimum Gasteiger partial charge on any atom is -0.486 e. The molecule has 1 aromatic rings. The summed E-state index contributed by atoms with van der Waals surface area (Å²) >= 11 is 3.32. The lowest BCUT2D eigenvalue weighted by Crippen LogP contribution is -2.32. The number of rotatable bonds is 1. The summed E-state index contributed by atoms with van der Waals surface area (Å²) in [6.45, 7) is 0.168. The van der Waals surface area contributed by atoms with Gasteiger partial charge in [-0.1, -0.05) is 15.9 Å². The van der Waals surface area contributed by atoms with Crippen molar-refractivity contribution in [2.75, 3.05) is 6.61 Å². The van der Waals surface area contributed by atoms with Gasteiger partial charge in [0.1, 0.15) is 5.75 Å². The molecule has 0 fully saturated rings. The van der Waals surface area contributed by atoms with Crippen LogP contribution in [0, 0.1) is 10.1 Å². The van der Waals surface area contributed by atoms with Crippen LogP contribution in [-0.2, 0) is 6.42 Å². The Kier molecular flexibility index (Phi) is 2.41. The van der Waals surface area contributed by atoms with Gasteiger partial charge >= 0.3 is 0 Å². The van der Waals surface area contributed by atoms with Crippen LogP contribution in [0.5, 0.6) is 5.75 Å². The second-order valence-electron chi connectivity index (χ2n) is 3.21. The molecule has 2 rings (SSSR count). The molecule has 1 unspecified atom stereocenters. The van der Waals surface area contributed by atoms with E-state index >= 15 is 0 Å². The summed E-state index contributed by atoms with van der Waals surface area (Å²) in [6.07, 6.45) is 0.446.